The van der Waals surface area contributed by atoms with Crippen molar-refractivity contribution in [2.45, 2.75) is 19.9 Å². The van der Waals surface area contributed by atoms with Crippen LogP contribution in [0.15, 0.2) is 24.3 Å². The number of hydrogen-bond acceptors (Lipinski definition) is 4. The molecule has 21 heavy (non-hydrogen) atoms. The molecule has 1 unspecified atom stereocenters. The van der Waals surface area contributed by atoms with Gasteiger partial charge in [0.1, 0.15) is 12.4 Å². The number of likely N-dealkylation sites (N-methyl/N-ethyl adjacent to an activating group) is 1. The Morgan fingerprint density at radius 2 is 2.05 bits per heavy atom. The summed E-state index contributed by atoms with van der Waals surface area (Å²) in [6.07, 6.45) is 0. The molecule has 0 spiro atoms. The van der Waals surface area contributed by atoms with E-state index in [1.807, 2.05) is 38.1 Å². The van der Waals surface area contributed by atoms with E-state index in [9.17, 15) is 4.79 Å². The molecule has 5 heteroatoms. The van der Waals surface area contributed by atoms with Crippen LogP contribution >= 0.6 is 0 Å². The molecule has 118 valence electrons. The fourth-order valence-corrected chi connectivity index (χ4v) is 2.13. The number of carbonyl (C=O) groups is 1. The first-order valence-electron chi connectivity index (χ1n) is 7.14. The van der Waals surface area contributed by atoms with E-state index in [4.69, 9.17) is 14.2 Å². The molecule has 0 aliphatic heterocycles. The van der Waals surface area contributed by atoms with Crippen molar-refractivity contribution >= 4 is 5.91 Å². The Bertz CT molecular complexity index is 436. The lowest BCUT2D eigenvalue weighted by Crippen LogP contribution is -2.36. The molecule has 0 saturated carbocycles. The summed E-state index contributed by atoms with van der Waals surface area (Å²) in [4.78, 5) is 14.0. The molecule has 0 aliphatic rings. The van der Waals surface area contributed by atoms with Crippen LogP contribution in [-0.2, 0) is 14.3 Å². The van der Waals surface area contributed by atoms with Gasteiger partial charge in [-0.1, -0.05) is 12.1 Å². The molecule has 1 amide bonds. The molecule has 1 aromatic carbocycles. The van der Waals surface area contributed by atoms with E-state index in [2.05, 4.69) is 0 Å². The minimum atomic E-state index is -0.0244. The minimum Gasteiger partial charge on any atom is -0.497 e. The van der Waals surface area contributed by atoms with Crippen LogP contribution in [0.25, 0.3) is 0 Å². The second-order valence-corrected chi connectivity index (χ2v) is 4.68. The first kappa shape index (κ1) is 17.5. The number of rotatable bonds is 9. The molecule has 0 fully saturated rings. The fraction of sp³-hybridized carbons (Fsp3) is 0.562. The lowest BCUT2D eigenvalue weighted by atomic mass is 10.1. The Kier molecular flexibility index (Phi) is 7.79. The van der Waals surface area contributed by atoms with Crippen molar-refractivity contribution in [2.75, 3.05) is 40.6 Å². The molecule has 0 radical (unpaired) electrons. The lowest BCUT2D eigenvalue weighted by molar-refractivity contribution is -0.138. The van der Waals surface area contributed by atoms with Crippen LogP contribution in [0, 0.1) is 0 Å². The molecule has 0 bridgehead atoms. The second kappa shape index (κ2) is 9.37. The molecule has 0 N–H and O–H groups in total. The van der Waals surface area contributed by atoms with Gasteiger partial charge in [-0.15, -0.1) is 0 Å². The Morgan fingerprint density at radius 1 is 1.29 bits per heavy atom. The van der Waals surface area contributed by atoms with Gasteiger partial charge in [0.05, 0.1) is 26.4 Å². The number of hydrogen-bond donors (Lipinski definition) is 0. The summed E-state index contributed by atoms with van der Waals surface area (Å²) in [5.41, 5.74) is 1.04. The summed E-state index contributed by atoms with van der Waals surface area (Å²) in [7, 11) is 3.24. The number of amides is 1. The average molecular weight is 295 g/mol. The van der Waals surface area contributed by atoms with Crippen molar-refractivity contribution in [1.29, 1.82) is 0 Å². The zero-order valence-corrected chi connectivity index (χ0v) is 13.3. The largest absolute Gasteiger partial charge is 0.497 e. The quantitative estimate of drug-likeness (QED) is 0.656. The number of benzene rings is 1. The molecule has 0 heterocycles. The standard InChI is InChI=1S/C16H25NO4/c1-5-17(16(18)12-21-10-9-19-3)13(2)14-7-6-8-15(11-14)20-4/h6-8,11,13H,5,9-10,12H2,1-4H3. The van der Waals surface area contributed by atoms with Crippen LogP contribution in [0.2, 0.25) is 0 Å². The lowest BCUT2D eigenvalue weighted by Gasteiger charge is -2.28. The molecule has 1 aromatic rings. The molecular formula is C16H25NO4. The van der Waals surface area contributed by atoms with Crippen molar-refractivity contribution in [3.63, 3.8) is 0 Å². The Hall–Kier alpha value is -1.59. The van der Waals surface area contributed by atoms with Crippen LogP contribution in [0.5, 0.6) is 5.75 Å². The molecule has 0 saturated heterocycles. The van der Waals surface area contributed by atoms with Gasteiger partial charge in [0.25, 0.3) is 0 Å². The molecular weight excluding hydrogens is 270 g/mol. The van der Waals surface area contributed by atoms with E-state index < -0.39 is 0 Å². The van der Waals surface area contributed by atoms with Gasteiger partial charge in [0.15, 0.2) is 0 Å². The predicted molar refractivity (Wildman–Crippen MR) is 81.5 cm³/mol. The van der Waals surface area contributed by atoms with Gasteiger partial charge in [-0.2, -0.15) is 0 Å². The third-order valence-electron chi connectivity index (χ3n) is 3.36. The predicted octanol–water partition coefficient (Wildman–Crippen LogP) is 2.27. The van der Waals surface area contributed by atoms with Gasteiger partial charge in [-0.3, -0.25) is 4.79 Å². The molecule has 1 rings (SSSR count). The van der Waals surface area contributed by atoms with Crippen molar-refractivity contribution < 1.29 is 19.0 Å². The highest BCUT2D eigenvalue weighted by Crippen LogP contribution is 2.23. The van der Waals surface area contributed by atoms with Crippen LogP contribution < -0.4 is 4.74 Å². The first-order valence-corrected chi connectivity index (χ1v) is 7.14. The zero-order chi connectivity index (χ0) is 15.7. The van der Waals surface area contributed by atoms with Crippen molar-refractivity contribution in [3.8, 4) is 5.75 Å². The van der Waals surface area contributed by atoms with Gasteiger partial charge in [-0.05, 0) is 31.5 Å². The SMILES string of the molecule is CCN(C(=O)COCCOC)C(C)c1cccc(OC)c1. The first-order chi connectivity index (χ1) is 10.1. The highest BCUT2D eigenvalue weighted by molar-refractivity contribution is 5.78. The fourth-order valence-electron chi connectivity index (χ4n) is 2.13. The van der Waals surface area contributed by atoms with E-state index in [1.54, 1.807) is 19.1 Å². The number of nitrogens with zero attached hydrogens (tertiary/aromatic N) is 1. The summed E-state index contributed by atoms with van der Waals surface area (Å²) in [6, 6.07) is 7.74. The maximum absolute atomic E-state index is 12.2. The molecule has 0 aliphatic carbocycles. The van der Waals surface area contributed by atoms with Gasteiger partial charge < -0.3 is 19.1 Å². The maximum atomic E-state index is 12.2. The third-order valence-corrected chi connectivity index (χ3v) is 3.36. The van der Waals surface area contributed by atoms with E-state index in [0.717, 1.165) is 11.3 Å². The second-order valence-electron chi connectivity index (χ2n) is 4.68. The summed E-state index contributed by atoms with van der Waals surface area (Å²) >= 11 is 0. The molecule has 0 aromatic heterocycles. The Labute approximate surface area is 126 Å². The summed E-state index contributed by atoms with van der Waals surface area (Å²) in [5.74, 6) is 0.767. The third kappa shape index (κ3) is 5.36. The van der Waals surface area contributed by atoms with E-state index >= 15 is 0 Å². The van der Waals surface area contributed by atoms with Crippen LogP contribution in [0.1, 0.15) is 25.5 Å². The molecule has 5 nitrogen and oxygen atoms in total. The summed E-state index contributed by atoms with van der Waals surface area (Å²) in [6.45, 7) is 5.59. The minimum absolute atomic E-state index is 0.0241. The van der Waals surface area contributed by atoms with E-state index in [1.165, 1.54) is 0 Å². The van der Waals surface area contributed by atoms with Gasteiger partial charge in [-0.25, -0.2) is 0 Å². The number of methoxy groups -OCH3 is 2. The van der Waals surface area contributed by atoms with E-state index in [-0.39, 0.29) is 18.6 Å². The van der Waals surface area contributed by atoms with E-state index in [0.29, 0.717) is 19.8 Å². The smallest absolute Gasteiger partial charge is 0.249 e. The monoisotopic (exact) mass is 295 g/mol. The average Bonchev–Trinajstić information content (AvgIpc) is 2.52. The topological polar surface area (TPSA) is 48.0 Å². The normalized spacial score (nSPS) is 12.0. The number of carbonyl (C=O) groups excluding carboxylic acids is 1. The van der Waals surface area contributed by atoms with Crippen LogP contribution in [-0.4, -0.2) is 51.4 Å². The highest BCUT2D eigenvalue weighted by Gasteiger charge is 2.20. The Morgan fingerprint density at radius 3 is 2.67 bits per heavy atom. The van der Waals surface area contributed by atoms with Gasteiger partial charge >= 0.3 is 0 Å². The zero-order valence-electron chi connectivity index (χ0n) is 13.3. The van der Waals surface area contributed by atoms with Crippen molar-refractivity contribution in [3.05, 3.63) is 29.8 Å². The Balaban J connectivity index is 2.66. The molecule has 1 atom stereocenters. The number of ether oxygens (including phenoxy) is 3. The van der Waals surface area contributed by atoms with Crippen LogP contribution in [0.3, 0.4) is 0 Å². The van der Waals surface area contributed by atoms with Gasteiger partial charge in [0, 0.05) is 13.7 Å². The van der Waals surface area contributed by atoms with Crippen molar-refractivity contribution in [2.24, 2.45) is 0 Å². The maximum Gasteiger partial charge on any atom is 0.249 e. The summed E-state index contributed by atoms with van der Waals surface area (Å²) in [5, 5.41) is 0. The van der Waals surface area contributed by atoms with Crippen molar-refractivity contribution in [1.82, 2.24) is 4.90 Å². The summed E-state index contributed by atoms with van der Waals surface area (Å²) < 4.78 is 15.4. The van der Waals surface area contributed by atoms with Gasteiger partial charge in [0.2, 0.25) is 5.91 Å². The highest BCUT2D eigenvalue weighted by atomic mass is 16.5. The van der Waals surface area contributed by atoms with Crippen LogP contribution in [0.4, 0.5) is 0 Å².